The van der Waals surface area contributed by atoms with Crippen LogP contribution in [0.4, 0.5) is 0 Å². The Balaban J connectivity index is 2.18. The highest BCUT2D eigenvalue weighted by Gasteiger charge is 2.16. The zero-order chi connectivity index (χ0) is 9.52. The van der Waals surface area contributed by atoms with Crippen molar-refractivity contribution < 1.29 is 4.74 Å². The highest BCUT2D eigenvalue weighted by molar-refractivity contribution is 4.68. The van der Waals surface area contributed by atoms with Crippen LogP contribution in [0.3, 0.4) is 0 Å². The van der Waals surface area contributed by atoms with Crippen molar-refractivity contribution in [2.75, 3.05) is 39.4 Å². The molecule has 0 aliphatic carbocycles. The van der Waals surface area contributed by atoms with Crippen molar-refractivity contribution in [3.05, 3.63) is 0 Å². The maximum Gasteiger partial charge on any atom is 0.0506 e. The van der Waals surface area contributed by atoms with Crippen molar-refractivity contribution >= 4 is 0 Å². The molecule has 1 aliphatic rings. The minimum Gasteiger partial charge on any atom is -0.381 e. The number of nitrogens with two attached hydrogens (primary N) is 1. The van der Waals surface area contributed by atoms with E-state index in [0.29, 0.717) is 0 Å². The Labute approximate surface area is 81.2 Å². The fourth-order valence-electron chi connectivity index (χ4n) is 1.88. The molecule has 1 aliphatic heterocycles. The molecule has 0 radical (unpaired) electrons. The summed E-state index contributed by atoms with van der Waals surface area (Å²) in [6.45, 7) is 8.15. The second-order valence-electron chi connectivity index (χ2n) is 3.77. The van der Waals surface area contributed by atoms with E-state index in [9.17, 15) is 0 Å². The van der Waals surface area contributed by atoms with Crippen LogP contribution in [-0.2, 0) is 4.74 Å². The first-order valence-corrected chi connectivity index (χ1v) is 5.37. The third-order valence-corrected chi connectivity index (χ3v) is 2.66. The summed E-state index contributed by atoms with van der Waals surface area (Å²) in [7, 11) is 0. The average Bonchev–Trinajstić information content (AvgIpc) is 2.19. The van der Waals surface area contributed by atoms with Crippen molar-refractivity contribution in [2.24, 2.45) is 11.7 Å². The summed E-state index contributed by atoms with van der Waals surface area (Å²) in [6.07, 6.45) is 2.55. The fourth-order valence-corrected chi connectivity index (χ4v) is 1.88. The number of nitrogens with zero attached hydrogens (tertiary/aromatic N) is 1. The summed E-state index contributed by atoms with van der Waals surface area (Å²) in [4.78, 5) is 2.42. The molecule has 0 amide bonds. The molecule has 1 unspecified atom stereocenters. The Hall–Kier alpha value is -0.120. The van der Waals surface area contributed by atoms with Crippen LogP contribution in [0.15, 0.2) is 0 Å². The van der Waals surface area contributed by atoms with E-state index < -0.39 is 0 Å². The van der Waals surface area contributed by atoms with Gasteiger partial charge in [0.1, 0.15) is 0 Å². The van der Waals surface area contributed by atoms with Crippen molar-refractivity contribution in [3.63, 3.8) is 0 Å². The molecule has 1 fully saturated rings. The number of hydrogen-bond donors (Lipinski definition) is 1. The number of ether oxygens (including phenoxy) is 1. The number of hydrogen-bond acceptors (Lipinski definition) is 3. The summed E-state index contributed by atoms with van der Waals surface area (Å²) >= 11 is 0. The SMILES string of the molecule is CCN(CCN)CC1CCCOC1. The van der Waals surface area contributed by atoms with E-state index in [1.165, 1.54) is 12.8 Å². The lowest BCUT2D eigenvalue weighted by Gasteiger charge is -2.28. The topological polar surface area (TPSA) is 38.5 Å². The summed E-state index contributed by atoms with van der Waals surface area (Å²) in [5.41, 5.74) is 5.54. The maximum atomic E-state index is 5.54. The van der Waals surface area contributed by atoms with Gasteiger partial charge in [0.15, 0.2) is 0 Å². The molecule has 3 heteroatoms. The van der Waals surface area contributed by atoms with Crippen molar-refractivity contribution in [2.45, 2.75) is 19.8 Å². The van der Waals surface area contributed by atoms with Crippen molar-refractivity contribution in [1.29, 1.82) is 0 Å². The Morgan fingerprint density at radius 3 is 2.92 bits per heavy atom. The van der Waals surface area contributed by atoms with Gasteiger partial charge in [0, 0.05) is 26.2 Å². The lowest BCUT2D eigenvalue weighted by molar-refractivity contribution is 0.0397. The number of likely N-dealkylation sites (N-methyl/N-ethyl adjacent to an activating group) is 1. The van der Waals surface area contributed by atoms with Gasteiger partial charge < -0.3 is 15.4 Å². The van der Waals surface area contributed by atoms with Crippen LogP contribution in [0, 0.1) is 5.92 Å². The lowest BCUT2D eigenvalue weighted by atomic mass is 10.0. The third kappa shape index (κ3) is 4.07. The van der Waals surface area contributed by atoms with Gasteiger partial charge in [-0.25, -0.2) is 0 Å². The van der Waals surface area contributed by atoms with E-state index in [1.54, 1.807) is 0 Å². The first-order chi connectivity index (χ1) is 6.36. The molecule has 0 aromatic rings. The van der Waals surface area contributed by atoms with E-state index in [2.05, 4.69) is 11.8 Å². The van der Waals surface area contributed by atoms with Gasteiger partial charge in [-0.05, 0) is 25.3 Å². The van der Waals surface area contributed by atoms with Crippen LogP contribution in [0.25, 0.3) is 0 Å². The van der Waals surface area contributed by atoms with Gasteiger partial charge in [-0.2, -0.15) is 0 Å². The van der Waals surface area contributed by atoms with Gasteiger partial charge in [-0.15, -0.1) is 0 Å². The molecule has 0 aromatic heterocycles. The molecule has 1 rings (SSSR count). The molecular formula is C10H22N2O. The zero-order valence-corrected chi connectivity index (χ0v) is 8.67. The summed E-state index contributed by atoms with van der Waals surface area (Å²) in [6, 6.07) is 0. The second-order valence-corrected chi connectivity index (χ2v) is 3.77. The average molecular weight is 186 g/mol. The van der Waals surface area contributed by atoms with Crippen LogP contribution < -0.4 is 5.73 Å². The van der Waals surface area contributed by atoms with E-state index >= 15 is 0 Å². The van der Waals surface area contributed by atoms with E-state index in [0.717, 1.165) is 45.3 Å². The summed E-state index contributed by atoms with van der Waals surface area (Å²) in [5, 5.41) is 0. The Morgan fingerprint density at radius 1 is 1.54 bits per heavy atom. The Kier molecular flexibility index (Phi) is 5.35. The highest BCUT2D eigenvalue weighted by atomic mass is 16.5. The van der Waals surface area contributed by atoms with Gasteiger partial charge in [-0.3, -0.25) is 0 Å². The molecule has 78 valence electrons. The van der Waals surface area contributed by atoms with E-state index in [1.807, 2.05) is 0 Å². The van der Waals surface area contributed by atoms with Gasteiger partial charge >= 0.3 is 0 Å². The summed E-state index contributed by atoms with van der Waals surface area (Å²) in [5.74, 6) is 0.736. The molecule has 1 heterocycles. The van der Waals surface area contributed by atoms with Crippen molar-refractivity contribution in [1.82, 2.24) is 4.90 Å². The Morgan fingerprint density at radius 2 is 2.38 bits per heavy atom. The summed E-state index contributed by atoms with van der Waals surface area (Å²) < 4.78 is 5.45. The quantitative estimate of drug-likeness (QED) is 0.686. The highest BCUT2D eigenvalue weighted by Crippen LogP contribution is 2.14. The predicted octanol–water partition coefficient (Wildman–Crippen LogP) is 0.694. The predicted molar refractivity (Wildman–Crippen MR) is 54.7 cm³/mol. The second kappa shape index (κ2) is 6.35. The first-order valence-electron chi connectivity index (χ1n) is 5.37. The molecule has 0 bridgehead atoms. The van der Waals surface area contributed by atoms with Crippen LogP contribution in [-0.4, -0.2) is 44.3 Å². The lowest BCUT2D eigenvalue weighted by Crippen LogP contribution is -2.36. The van der Waals surface area contributed by atoms with Gasteiger partial charge in [0.05, 0.1) is 6.61 Å². The molecule has 1 atom stereocenters. The first kappa shape index (κ1) is 11.0. The Bertz CT molecular complexity index is 121. The molecule has 0 aromatic carbocycles. The van der Waals surface area contributed by atoms with E-state index in [-0.39, 0.29) is 0 Å². The normalized spacial score (nSPS) is 23.8. The molecule has 0 spiro atoms. The maximum absolute atomic E-state index is 5.54. The van der Waals surface area contributed by atoms with Crippen molar-refractivity contribution in [3.8, 4) is 0 Å². The number of rotatable bonds is 5. The molecule has 3 nitrogen and oxygen atoms in total. The van der Waals surface area contributed by atoms with Gasteiger partial charge in [-0.1, -0.05) is 6.92 Å². The van der Waals surface area contributed by atoms with Gasteiger partial charge in [0.2, 0.25) is 0 Å². The largest absolute Gasteiger partial charge is 0.381 e. The van der Waals surface area contributed by atoms with Gasteiger partial charge in [0.25, 0.3) is 0 Å². The minimum atomic E-state index is 0.736. The molecule has 13 heavy (non-hydrogen) atoms. The van der Waals surface area contributed by atoms with Crippen LogP contribution in [0.5, 0.6) is 0 Å². The molecule has 2 N–H and O–H groups in total. The van der Waals surface area contributed by atoms with Crippen LogP contribution in [0.1, 0.15) is 19.8 Å². The third-order valence-electron chi connectivity index (χ3n) is 2.66. The monoisotopic (exact) mass is 186 g/mol. The standard InChI is InChI=1S/C10H22N2O/c1-2-12(6-5-11)8-10-4-3-7-13-9-10/h10H,2-9,11H2,1H3. The van der Waals surface area contributed by atoms with E-state index in [4.69, 9.17) is 10.5 Å². The molecule has 0 saturated carbocycles. The minimum absolute atomic E-state index is 0.736. The smallest absolute Gasteiger partial charge is 0.0506 e. The zero-order valence-electron chi connectivity index (χ0n) is 8.67. The fraction of sp³-hybridized carbons (Fsp3) is 1.00. The molecular weight excluding hydrogens is 164 g/mol. The molecule has 1 saturated heterocycles. The van der Waals surface area contributed by atoms with Crippen LogP contribution >= 0.6 is 0 Å². The van der Waals surface area contributed by atoms with Crippen LogP contribution in [0.2, 0.25) is 0 Å².